The van der Waals surface area contributed by atoms with Crippen LogP contribution >= 0.6 is 43.5 Å². The number of aliphatic hydroxyl groups is 1. The van der Waals surface area contributed by atoms with Gasteiger partial charge < -0.3 is 24.9 Å². The molecule has 0 amide bonds. The number of aliphatic carboxylic acids is 1. The molecule has 0 aliphatic heterocycles. The first-order chi connectivity index (χ1) is 15.7. The number of aliphatic hydroxyl groups excluding tert-OH is 1. The Hall–Kier alpha value is -2.59. The molecule has 7 nitrogen and oxygen atoms in total. The molecule has 0 spiro atoms. The number of phenols is 1. The fourth-order valence-corrected chi connectivity index (χ4v) is 4.25. The van der Waals surface area contributed by atoms with Crippen molar-refractivity contribution in [3.05, 3.63) is 85.3 Å². The summed E-state index contributed by atoms with van der Waals surface area (Å²) in [5, 5.41) is 34.0. The summed E-state index contributed by atoms with van der Waals surface area (Å²) < 4.78 is 7.14. The third-order valence-corrected chi connectivity index (χ3v) is 5.92. The summed E-state index contributed by atoms with van der Waals surface area (Å²) in [5.41, 5.74) is 1.47. The van der Waals surface area contributed by atoms with Gasteiger partial charge in [-0.15, -0.1) is 0 Å². The number of carboxylic acid groups (broad SMARTS) is 1. The molecular formula is C23H18Br2ClNO6. The van der Waals surface area contributed by atoms with Crippen LogP contribution in [0, 0.1) is 0 Å². The van der Waals surface area contributed by atoms with Crippen LogP contribution in [0.15, 0.2) is 68.7 Å². The van der Waals surface area contributed by atoms with Crippen molar-refractivity contribution in [3.63, 3.8) is 0 Å². The highest BCUT2D eigenvalue weighted by molar-refractivity contribution is 9.11. The Bertz CT molecular complexity index is 1160. The molecule has 3 aromatic rings. The van der Waals surface area contributed by atoms with E-state index in [-0.39, 0.29) is 11.3 Å². The van der Waals surface area contributed by atoms with Gasteiger partial charge in [0.25, 0.3) is 0 Å². The minimum absolute atomic E-state index is 0.0786. The zero-order chi connectivity index (χ0) is 24.1. The number of phenolic OH excluding ortho intramolecular Hbond substituents is 1. The van der Waals surface area contributed by atoms with Gasteiger partial charge in [-0.2, -0.15) is 0 Å². The minimum Gasteiger partial charge on any atom is -0.508 e. The van der Waals surface area contributed by atoms with E-state index in [2.05, 4.69) is 37.0 Å². The maximum absolute atomic E-state index is 10.8. The monoisotopic (exact) mass is 597 g/mol. The summed E-state index contributed by atoms with van der Waals surface area (Å²) in [4.78, 5) is 15.6. The lowest BCUT2D eigenvalue weighted by Gasteiger charge is -2.16. The van der Waals surface area contributed by atoms with Crippen molar-refractivity contribution in [2.24, 2.45) is 5.16 Å². The van der Waals surface area contributed by atoms with E-state index in [0.29, 0.717) is 36.6 Å². The number of ether oxygens (including phenoxy) is 1. The van der Waals surface area contributed by atoms with Crippen LogP contribution in [0.4, 0.5) is 0 Å². The highest BCUT2D eigenvalue weighted by Gasteiger charge is 2.17. The molecule has 0 saturated carbocycles. The lowest BCUT2D eigenvalue weighted by molar-refractivity contribution is -0.149. The van der Waals surface area contributed by atoms with Gasteiger partial charge in [0.2, 0.25) is 6.10 Å². The Kier molecular flexibility index (Phi) is 8.36. The summed E-state index contributed by atoms with van der Waals surface area (Å²) in [6, 6.07) is 14.6. The van der Waals surface area contributed by atoms with E-state index in [9.17, 15) is 15.0 Å². The van der Waals surface area contributed by atoms with E-state index in [1.165, 1.54) is 19.2 Å². The second-order valence-electron chi connectivity index (χ2n) is 6.91. The van der Waals surface area contributed by atoms with Gasteiger partial charge >= 0.3 is 5.97 Å². The van der Waals surface area contributed by atoms with Gasteiger partial charge in [-0.05, 0) is 92.4 Å². The van der Waals surface area contributed by atoms with Gasteiger partial charge in [0.15, 0.2) is 5.75 Å². The Balaban J connectivity index is 1.82. The SMILES string of the molecule is CC(O/N=C/c1cc(Br)c(Oc2ccc(O)c(C(O)c3ccc(Cl)cc3)c2)c(Br)c1)C(=O)O. The summed E-state index contributed by atoms with van der Waals surface area (Å²) in [7, 11) is 0. The minimum atomic E-state index is -1.12. The molecule has 0 fully saturated rings. The summed E-state index contributed by atoms with van der Waals surface area (Å²) in [5.74, 6) is -0.361. The number of carboxylic acids is 1. The molecule has 2 unspecified atom stereocenters. The number of nitrogens with zero attached hydrogens (tertiary/aromatic N) is 1. The molecule has 0 aromatic heterocycles. The average Bonchev–Trinajstić information content (AvgIpc) is 2.77. The molecular weight excluding hydrogens is 582 g/mol. The first kappa shape index (κ1) is 25.0. The van der Waals surface area contributed by atoms with Crippen molar-refractivity contribution in [2.45, 2.75) is 19.1 Å². The van der Waals surface area contributed by atoms with Crippen LogP contribution < -0.4 is 4.74 Å². The van der Waals surface area contributed by atoms with E-state index in [0.717, 1.165) is 0 Å². The standard InChI is InChI=1S/C23H18Br2ClNO6/c1-12(23(30)31)33-27-11-13-8-18(24)22(19(25)9-13)32-16-6-7-20(28)17(10-16)21(29)14-2-4-15(26)5-3-14/h2-12,21,28-29H,1H3,(H,30,31)/b27-11+. The second-order valence-corrected chi connectivity index (χ2v) is 9.06. The van der Waals surface area contributed by atoms with Gasteiger partial charge in [0, 0.05) is 10.6 Å². The predicted molar refractivity (Wildman–Crippen MR) is 131 cm³/mol. The molecule has 172 valence electrons. The molecule has 33 heavy (non-hydrogen) atoms. The van der Waals surface area contributed by atoms with Crippen LogP contribution in [0.1, 0.15) is 29.7 Å². The summed E-state index contributed by atoms with van der Waals surface area (Å²) in [6.07, 6.45) is -0.771. The quantitative estimate of drug-likeness (QED) is 0.208. The topological polar surface area (TPSA) is 109 Å². The van der Waals surface area contributed by atoms with Crippen LogP contribution in [0.2, 0.25) is 5.02 Å². The van der Waals surface area contributed by atoms with E-state index in [1.807, 2.05) is 0 Å². The number of oxime groups is 1. The Morgan fingerprint density at radius 1 is 1.09 bits per heavy atom. The maximum Gasteiger partial charge on any atom is 0.347 e. The van der Waals surface area contributed by atoms with Crippen molar-refractivity contribution in [1.82, 2.24) is 0 Å². The zero-order valence-electron chi connectivity index (χ0n) is 17.1. The van der Waals surface area contributed by atoms with E-state index >= 15 is 0 Å². The molecule has 3 N–H and O–H groups in total. The molecule has 0 heterocycles. The maximum atomic E-state index is 10.8. The molecule has 2 atom stereocenters. The molecule has 0 aliphatic carbocycles. The zero-order valence-corrected chi connectivity index (χ0v) is 21.0. The van der Waals surface area contributed by atoms with Crippen molar-refractivity contribution >= 4 is 55.6 Å². The highest BCUT2D eigenvalue weighted by atomic mass is 79.9. The average molecular weight is 600 g/mol. The van der Waals surface area contributed by atoms with E-state index in [4.69, 9.17) is 26.3 Å². The number of halogens is 3. The molecule has 10 heteroatoms. The van der Waals surface area contributed by atoms with Gasteiger partial charge in [-0.3, -0.25) is 0 Å². The first-order valence-electron chi connectivity index (χ1n) is 9.51. The Morgan fingerprint density at radius 2 is 1.73 bits per heavy atom. The molecule has 3 aromatic carbocycles. The fourth-order valence-electron chi connectivity index (χ4n) is 2.74. The third kappa shape index (κ3) is 6.48. The Labute approximate surface area is 211 Å². The largest absolute Gasteiger partial charge is 0.508 e. The van der Waals surface area contributed by atoms with Crippen molar-refractivity contribution in [3.8, 4) is 17.2 Å². The highest BCUT2D eigenvalue weighted by Crippen LogP contribution is 2.40. The van der Waals surface area contributed by atoms with E-state index < -0.39 is 18.2 Å². The van der Waals surface area contributed by atoms with Crippen LogP contribution in [0.3, 0.4) is 0 Å². The number of rotatable bonds is 8. The first-order valence-corrected chi connectivity index (χ1v) is 11.5. The summed E-state index contributed by atoms with van der Waals surface area (Å²) in [6.45, 7) is 1.37. The normalized spacial score (nSPS) is 13.0. The van der Waals surface area contributed by atoms with Gasteiger partial charge in [-0.25, -0.2) is 4.79 Å². The van der Waals surface area contributed by atoms with Crippen molar-refractivity contribution in [1.29, 1.82) is 0 Å². The number of carbonyl (C=O) groups is 1. The van der Waals surface area contributed by atoms with Crippen LogP contribution in [-0.4, -0.2) is 33.6 Å². The van der Waals surface area contributed by atoms with Gasteiger partial charge in [-0.1, -0.05) is 28.9 Å². The number of benzene rings is 3. The summed E-state index contributed by atoms with van der Waals surface area (Å²) >= 11 is 12.8. The van der Waals surface area contributed by atoms with Crippen molar-refractivity contribution in [2.75, 3.05) is 0 Å². The molecule has 0 saturated heterocycles. The second kappa shape index (κ2) is 11.0. The van der Waals surface area contributed by atoms with Crippen molar-refractivity contribution < 1.29 is 29.7 Å². The lowest BCUT2D eigenvalue weighted by atomic mass is 10.0. The fraction of sp³-hybridized carbons (Fsp3) is 0.130. The van der Waals surface area contributed by atoms with Crippen LogP contribution in [0.5, 0.6) is 17.2 Å². The number of hydrogen-bond donors (Lipinski definition) is 3. The smallest absolute Gasteiger partial charge is 0.347 e. The van der Waals surface area contributed by atoms with Crippen LogP contribution in [-0.2, 0) is 9.63 Å². The van der Waals surface area contributed by atoms with Crippen LogP contribution in [0.25, 0.3) is 0 Å². The molecule has 0 bridgehead atoms. The predicted octanol–water partition coefficient (Wildman–Crippen LogP) is 6.27. The number of aromatic hydroxyl groups is 1. The van der Waals surface area contributed by atoms with E-state index in [1.54, 1.807) is 48.5 Å². The molecule has 0 aliphatic rings. The molecule has 0 radical (unpaired) electrons. The van der Waals surface area contributed by atoms with Gasteiger partial charge in [0.05, 0.1) is 15.2 Å². The number of hydrogen-bond acceptors (Lipinski definition) is 6. The third-order valence-electron chi connectivity index (χ3n) is 4.49. The molecule has 3 rings (SSSR count). The van der Waals surface area contributed by atoms with Gasteiger partial charge in [0.1, 0.15) is 17.6 Å². The Morgan fingerprint density at radius 3 is 2.33 bits per heavy atom. The lowest BCUT2D eigenvalue weighted by Crippen LogP contribution is -2.17.